The molecule has 1 atom stereocenters. The highest BCUT2D eigenvalue weighted by Gasteiger charge is 2.41. The normalized spacial score (nSPS) is 28.9. The summed E-state index contributed by atoms with van der Waals surface area (Å²) < 4.78 is 4.90. The van der Waals surface area contributed by atoms with Gasteiger partial charge in [-0.2, -0.15) is 0 Å². The van der Waals surface area contributed by atoms with Crippen molar-refractivity contribution in [2.75, 3.05) is 26.2 Å². The average molecular weight is 265 g/mol. The molecule has 0 aromatic heterocycles. The molecule has 0 aliphatic carbocycles. The highest BCUT2D eigenvalue weighted by Crippen LogP contribution is 2.27. The van der Waals surface area contributed by atoms with Crippen LogP contribution in [0.2, 0.25) is 0 Å². The van der Waals surface area contributed by atoms with Crippen molar-refractivity contribution in [2.24, 2.45) is 0 Å². The Morgan fingerprint density at radius 2 is 2.05 bits per heavy atom. The van der Waals surface area contributed by atoms with Crippen LogP contribution in [-0.4, -0.2) is 60.1 Å². The van der Waals surface area contributed by atoms with Crippen LogP contribution in [0.4, 0.5) is 4.79 Å². The summed E-state index contributed by atoms with van der Waals surface area (Å²) in [5.74, 6) is -0.352. The molecule has 3 rings (SSSR count). The number of nitrogens with one attached hydrogen (secondary N) is 1. The molecular weight excluding hydrogens is 246 g/mol. The van der Waals surface area contributed by atoms with Gasteiger partial charge < -0.3 is 15.0 Å². The lowest BCUT2D eigenvalue weighted by Gasteiger charge is -2.31. The molecule has 0 unspecified atom stereocenters. The van der Waals surface area contributed by atoms with E-state index in [0.29, 0.717) is 11.7 Å². The first-order chi connectivity index (χ1) is 9.16. The van der Waals surface area contributed by atoms with Gasteiger partial charge in [0.25, 0.3) is 0 Å². The van der Waals surface area contributed by atoms with E-state index in [1.807, 2.05) is 11.8 Å². The van der Waals surface area contributed by atoms with Gasteiger partial charge in [-0.05, 0) is 32.9 Å². The summed E-state index contributed by atoms with van der Waals surface area (Å²) >= 11 is 0. The second-order valence-electron chi connectivity index (χ2n) is 5.38. The molecule has 2 saturated heterocycles. The lowest BCUT2D eigenvalue weighted by Crippen LogP contribution is -2.45. The molecule has 0 saturated carbocycles. The average Bonchev–Trinajstić information content (AvgIpc) is 2.95. The van der Waals surface area contributed by atoms with Crippen LogP contribution in [0, 0.1) is 0 Å². The van der Waals surface area contributed by atoms with Crippen molar-refractivity contribution in [1.82, 2.24) is 15.1 Å². The van der Waals surface area contributed by atoms with E-state index in [4.69, 9.17) is 4.74 Å². The molecule has 0 radical (unpaired) electrons. The molecule has 0 bridgehead atoms. The van der Waals surface area contributed by atoms with Crippen LogP contribution in [0.3, 0.4) is 0 Å². The fraction of sp³-hybridized carbons (Fsp3) is 0.692. The fourth-order valence-electron chi connectivity index (χ4n) is 3.10. The highest BCUT2D eigenvalue weighted by molar-refractivity contribution is 5.88. The molecule has 0 aromatic carbocycles. The zero-order chi connectivity index (χ0) is 13.4. The lowest BCUT2D eigenvalue weighted by molar-refractivity contribution is -0.135. The molecule has 3 heterocycles. The Kier molecular flexibility index (Phi) is 3.18. The van der Waals surface area contributed by atoms with E-state index in [1.54, 1.807) is 4.90 Å². The number of piperidine rings is 1. The predicted molar refractivity (Wildman–Crippen MR) is 68.3 cm³/mol. The number of hydrogen-bond acceptors (Lipinski definition) is 4. The molecule has 104 valence electrons. The van der Waals surface area contributed by atoms with Gasteiger partial charge in [-0.25, -0.2) is 9.59 Å². The Balaban J connectivity index is 1.75. The van der Waals surface area contributed by atoms with Crippen LogP contribution >= 0.6 is 0 Å². The number of urea groups is 1. The van der Waals surface area contributed by atoms with Crippen LogP contribution in [0.5, 0.6) is 0 Å². The summed E-state index contributed by atoms with van der Waals surface area (Å²) in [6.45, 7) is 4.90. The third-order valence-electron chi connectivity index (χ3n) is 4.06. The van der Waals surface area contributed by atoms with Crippen molar-refractivity contribution in [2.45, 2.75) is 31.8 Å². The highest BCUT2D eigenvalue weighted by atomic mass is 16.5. The first kappa shape index (κ1) is 12.5. The van der Waals surface area contributed by atoms with E-state index in [9.17, 15) is 9.59 Å². The van der Waals surface area contributed by atoms with E-state index >= 15 is 0 Å². The Labute approximate surface area is 112 Å². The topological polar surface area (TPSA) is 61.9 Å². The number of esters is 1. The maximum Gasteiger partial charge on any atom is 0.333 e. The minimum Gasteiger partial charge on any atom is -0.456 e. The number of cyclic esters (lactones) is 1. The molecule has 6 nitrogen and oxygen atoms in total. The monoisotopic (exact) mass is 265 g/mol. The minimum atomic E-state index is -0.352. The van der Waals surface area contributed by atoms with Crippen LogP contribution in [0.1, 0.15) is 19.8 Å². The van der Waals surface area contributed by atoms with E-state index in [1.165, 1.54) is 6.08 Å². The first-order valence-electron chi connectivity index (χ1n) is 6.84. The van der Waals surface area contributed by atoms with Crippen molar-refractivity contribution in [1.29, 1.82) is 0 Å². The maximum atomic E-state index is 12.5. The SMILES string of the molecule is C[C@H]1CN(C2CCNCC2)C(=O)N1C1=CC(=O)OC1. The third-order valence-corrected chi connectivity index (χ3v) is 4.06. The van der Waals surface area contributed by atoms with Crippen molar-refractivity contribution in [3.8, 4) is 0 Å². The van der Waals surface area contributed by atoms with Crippen molar-refractivity contribution < 1.29 is 14.3 Å². The van der Waals surface area contributed by atoms with Gasteiger partial charge in [-0.1, -0.05) is 0 Å². The van der Waals surface area contributed by atoms with Crippen LogP contribution in [0.15, 0.2) is 11.8 Å². The molecule has 3 aliphatic heterocycles. The Morgan fingerprint density at radius 3 is 2.68 bits per heavy atom. The quantitative estimate of drug-likeness (QED) is 0.730. The molecule has 1 N–H and O–H groups in total. The van der Waals surface area contributed by atoms with E-state index in [2.05, 4.69) is 5.32 Å². The zero-order valence-electron chi connectivity index (χ0n) is 11.1. The number of hydrogen-bond donors (Lipinski definition) is 1. The van der Waals surface area contributed by atoms with E-state index in [0.717, 1.165) is 32.5 Å². The fourth-order valence-corrected chi connectivity index (χ4v) is 3.10. The van der Waals surface area contributed by atoms with Gasteiger partial charge in [-0.3, -0.25) is 4.90 Å². The van der Waals surface area contributed by atoms with Crippen molar-refractivity contribution in [3.63, 3.8) is 0 Å². The number of ether oxygens (including phenoxy) is 1. The molecule has 0 spiro atoms. The van der Waals surface area contributed by atoms with Gasteiger partial charge in [0.15, 0.2) is 0 Å². The van der Waals surface area contributed by atoms with E-state index in [-0.39, 0.29) is 24.6 Å². The van der Waals surface area contributed by atoms with Gasteiger partial charge in [0, 0.05) is 18.7 Å². The number of nitrogens with zero attached hydrogens (tertiary/aromatic N) is 2. The molecule has 3 aliphatic rings. The molecular formula is C13H19N3O3. The summed E-state index contributed by atoms with van der Waals surface area (Å²) in [5.41, 5.74) is 0.693. The van der Waals surface area contributed by atoms with Crippen molar-refractivity contribution in [3.05, 3.63) is 11.8 Å². The molecule has 0 aromatic rings. The Hall–Kier alpha value is -1.56. The number of carbonyl (C=O) groups excluding carboxylic acids is 2. The number of rotatable bonds is 2. The standard InChI is InChI=1S/C13H19N3O3/c1-9-7-15(10-2-4-14-5-3-10)13(18)16(9)11-6-12(17)19-8-11/h6,9-10,14H,2-5,7-8H2,1H3/t9-/m0/s1. The maximum absolute atomic E-state index is 12.5. The smallest absolute Gasteiger partial charge is 0.333 e. The minimum absolute atomic E-state index is 0.0175. The Morgan fingerprint density at radius 1 is 1.32 bits per heavy atom. The second kappa shape index (κ2) is 4.85. The Bertz CT molecular complexity index is 429. The van der Waals surface area contributed by atoms with Crippen LogP contribution < -0.4 is 5.32 Å². The number of carbonyl (C=O) groups is 2. The molecule has 19 heavy (non-hydrogen) atoms. The molecule has 6 heteroatoms. The predicted octanol–water partition coefficient (Wildman–Crippen LogP) is 0.305. The summed E-state index contributed by atoms with van der Waals surface area (Å²) in [5, 5.41) is 3.31. The number of amides is 2. The van der Waals surface area contributed by atoms with Gasteiger partial charge >= 0.3 is 12.0 Å². The van der Waals surface area contributed by atoms with Gasteiger partial charge in [0.1, 0.15) is 6.61 Å². The summed E-state index contributed by atoms with van der Waals surface area (Å²) in [4.78, 5) is 27.3. The largest absolute Gasteiger partial charge is 0.456 e. The van der Waals surface area contributed by atoms with Crippen LogP contribution in [-0.2, 0) is 9.53 Å². The van der Waals surface area contributed by atoms with E-state index < -0.39 is 0 Å². The zero-order valence-corrected chi connectivity index (χ0v) is 11.1. The summed E-state index contributed by atoms with van der Waals surface area (Å²) in [6, 6.07) is 0.437. The summed E-state index contributed by atoms with van der Waals surface area (Å²) in [6.07, 6.45) is 3.43. The van der Waals surface area contributed by atoms with Crippen LogP contribution in [0.25, 0.3) is 0 Å². The third kappa shape index (κ3) is 2.20. The molecule has 2 fully saturated rings. The van der Waals surface area contributed by atoms with Gasteiger partial charge in [-0.15, -0.1) is 0 Å². The first-order valence-corrected chi connectivity index (χ1v) is 6.84. The molecule has 2 amide bonds. The van der Waals surface area contributed by atoms with Gasteiger partial charge in [0.05, 0.1) is 11.7 Å². The lowest BCUT2D eigenvalue weighted by atomic mass is 10.1. The summed E-state index contributed by atoms with van der Waals surface area (Å²) in [7, 11) is 0. The van der Waals surface area contributed by atoms with Gasteiger partial charge in [0.2, 0.25) is 0 Å². The van der Waals surface area contributed by atoms with Crippen molar-refractivity contribution >= 4 is 12.0 Å². The second-order valence-corrected chi connectivity index (χ2v) is 5.38.